The fourth-order valence-corrected chi connectivity index (χ4v) is 7.19. The number of anilines is 1. The molecule has 2 amide bonds. The SMILES string of the molecule is C=CCN(C(=O)[C@@H]1N(CCCCCCO)C(=O)[C@H]2[C@H](C(=O)OCC)[C@H]3O[C@@]12CC3Br)c1ccc(Cl)cc1. The van der Waals surface area contributed by atoms with Gasteiger partial charge < -0.3 is 24.4 Å². The van der Waals surface area contributed by atoms with E-state index >= 15 is 0 Å². The van der Waals surface area contributed by atoms with Crippen LogP contribution in [0.25, 0.3) is 0 Å². The number of esters is 1. The predicted octanol–water partition coefficient (Wildman–Crippen LogP) is 3.72. The van der Waals surface area contributed by atoms with Gasteiger partial charge in [-0.2, -0.15) is 0 Å². The molecule has 202 valence electrons. The molecule has 3 fully saturated rings. The Morgan fingerprint density at radius 3 is 2.65 bits per heavy atom. The fourth-order valence-electron chi connectivity index (χ4n) is 6.13. The third kappa shape index (κ3) is 5.07. The first-order chi connectivity index (χ1) is 17.8. The fraction of sp³-hybridized carbons (Fsp3) is 0.593. The van der Waals surface area contributed by atoms with Crippen LogP contribution in [-0.4, -0.2) is 76.7 Å². The average Bonchev–Trinajstić information content (AvgIpc) is 3.46. The van der Waals surface area contributed by atoms with E-state index in [9.17, 15) is 14.4 Å². The number of amides is 2. The Morgan fingerprint density at radius 2 is 2.00 bits per heavy atom. The molecule has 3 heterocycles. The highest BCUT2D eigenvalue weighted by Gasteiger charge is 2.77. The standard InChI is InChI=1S/C27H34BrClN2O6/c1-3-13-30(18-11-9-17(29)10-12-18)25(34)23-27-16-19(28)22(37-27)20(26(35)36-4-2)21(27)24(33)31(23)14-7-5-6-8-15-32/h3,9-12,19-23,32H,1,4-8,13-16H2,2H3/t19?,20-,21+,22-,23-,27+/m0/s1. The first kappa shape index (κ1) is 28.1. The number of unbranched alkanes of at least 4 members (excludes halogenated alkanes) is 3. The average molecular weight is 598 g/mol. The number of aliphatic hydroxyl groups is 1. The third-order valence-corrected chi connectivity index (χ3v) is 8.70. The topological polar surface area (TPSA) is 96.4 Å². The summed E-state index contributed by atoms with van der Waals surface area (Å²) in [6.45, 7) is 6.47. The van der Waals surface area contributed by atoms with Crippen LogP contribution in [0.2, 0.25) is 5.02 Å². The van der Waals surface area contributed by atoms with Gasteiger partial charge in [0.2, 0.25) is 5.91 Å². The summed E-state index contributed by atoms with van der Waals surface area (Å²) < 4.78 is 11.8. The molecule has 3 aliphatic rings. The van der Waals surface area contributed by atoms with Crippen molar-refractivity contribution < 1.29 is 29.0 Å². The Bertz CT molecular complexity index is 1020. The first-order valence-corrected chi connectivity index (χ1v) is 14.2. The summed E-state index contributed by atoms with van der Waals surface area (Å²) in [6, 6.07) is 6.04. The van der Waals surface area contributed by atoms with Gasteiger partial charge in [-0.25, -0.2) is 0 Å². The largest absolute Gasteiger partial charge is 0.466 e. The summed E-state index contributed by atoms with van der Waals surface area (Å²) in [4.78, 5) is 44.4. The molecular weight excluding hydrogens is 564 g/mol. The number of hydrogen-bond donors (Lipinski definition) is 1. The van der Waals surface area contributed by atoms with Gasteiger partial charge in [0.15, 0.2) is 0 Å². The number of benzene rings is 1. The van der Waals surface area contributed by atoms with E-state index < -0.39 is 35.6 Å². The lowest BCUT2D eigenvalue weighted by atomic mass is 9.70. The normalized spacial score (nSPS) is 29.9. The molecule has 1 aromatic rings. The molecular formula is C27H34BrClN2O6. The Balaban J connectivity index is 1.72. The van der Waals surface area contributed by atoms with Gasteiger partial charge >= 0.3 is 5.97 Å². The maximum Gasteiger partial charge on any atom is 0.312 e. The van der Waals surface area contributed by atoms with Gasteiger partial charge in [-0.1, -0.05) is 46.4 Å². The second-order valence-corrected chi connectivity index (χ2v) is 11.4. The van der Waals surface area contributed by atoms with E-state index in [0.717, 1.165) is 12.8 Å². The van der Waals surface area contributed by atoms with Crippen LogP contribution in [0, 0.1) is 11.8 Å². The molecule has 37 heavy (non-hydrogen) atoms. The molecule has 0 aliphatic carbocycles. The number of ether oxygens (including phenoxy) is 2. The van der Waals surface area contributed by atoms with E-state index in [0.29, 0.717) is 36.5 Å². The third-order valence-electron chi connectivity index (χ3n) is 7.60. The molecule has 0 radical (unpaired) electrons. The maximum absolute atomic E-state index is 14.4. The van der Waals surface area contributed by atoms with Crippen molar-refractivity contribution in [3.05, 3.63) is 41.9 Å². The van der Waals surface area contributed by atoms with Crippen LogP contribution in [0.1, 0.15) is 39.0 Å². The number of rotatable bonds is 12. The number of nitrogens with zero attached hydrogens (tertiary/aromatic N) is 2. The number of likely N-dealkylation sites (tertiary alicyclic amines) is 1. The van der Waals surface area contributed by atoms with Crippen molar-refractivity contribution in [3.63, 3.8) is 0 Å². The minimum Gasteiger partial charge on any atom is -0.466 e. The number of carbonyl (C=O) groups excluding carboxylic acids is 3. The molecule has 4 rings (SSSR count). The van der Waals surface area contributed by atoms with Crippen molar-refractivity contribution in [2.75, 3.05) is 31.2 Å². The van der Waals surface area contributed by atoms with Crippen molar-refractivity contribution in [2.45, 2.75) is 61.6 Å². The highest BCUT2D eigenvalue weighted by molar-refractivity contribution is 9.09. The van der Waals surface area contributed by atoms with E-state index in [2.05, 4.69) is 22.5 Å². The zero-order chi connectivity index (χ0) is 26.7. The van der Waals surface area contributed by atoms with Crippen LogP contribution in [0.15, 0.2) is 36.9 Å². The van der Waals surface area contributed by atoms with E-state index in [1.165, 1.54) is 0 Å². The Kier molecular flexibility index (Phi) is 8.99. The summed E-state index contributed by atoms with van der Waals surface area (Å²) >= 11 is 9.75. The van der Waals surface area contributed by atoms with Crippen molar-refractivity contribution in [3.8, 4) is 0 Å². The van der Waals surface area contributed by atoms with Crippen LogP contribution < -0.4 is 4.90 Å². The van der Waals surface area contributed by atoms with Crippen LogP contribution in [0.5, 0.6) is 0 Å². The lowest BCUT2D eigenvalue weighted by Crippen LogP contribution is -2.57. The summed E-state index contributed by atoms with van der Waals surface area (Å²) in [5.41, 5.74) is -0.504. The smallest absolute Gasteiger partial charge is 0.312 e. The number of fused-ring (bicyclic) bond motifs is 1. The van der Waals surface area contributed by atoms with Gasteiger partial charge in [-0.15, -0.1) is 6.58 Å². The molecule has 1 N–H and O–H groups in total. The minimum atomic E-state index is -1.14. The molecule has 1 spiro atoms. The molecule has 0 saturated carbocycles. The summed E-state index contributed by atoms with van der Waals surface area (Å²) in [5, 5.41) is 9.65. The molecule has 8 nitrogen and oxygen atoms in total. The molecule has 3 aliphatic heterocycles. The summed E-state index contributed by atoms with van der Waals surface area (Å²) in [5.74, 6) is -2.54. The van der Waals surface area contributed by atoms with E-state index in [1.54, 1.807) is 47.1 Å². The van der Waals surface area contributed by atoms with Gasteiger partial charge in [0.1, 0.15) is 11.6 Å². The van der Waals surface area contributed by atoms with Crippen LogP contribution in [0.4, 0.5) is 5.69 Å². The van der Waals surface area contributed by atoms with Gasteiger partial charge in [0.25, 0.3) is 5.91 Å². The van der Waals surface area contributed by atoms with Crippen molar-refractivity contribution in [1.29, 1.82) is 0 Å². The van der Waals surface area contributed by atoms with Crippen molar-refractivity contribution in [1.82, 2.24) is 4.90 Å². The number of carbonyl (C=O) groups is 3. The predicted molar refractivity (Wildman–Crippen MR) is 144 cm³/mol. The quantitative estimate of drug-likeness (QED) is 0.171. The number of hydrogen-bond acceptors (Lipinski definition) is 6. The van der Waals surface area contributed by atoms with Crippen molar-refractivity contribution in [2.24, 2.45) is 11.8 Å². The molecule has 10 heteroatoms. The molecule has 1 unspecified atom stereocenters. The van der Waals surface area contributed by atoms with Gasteiger partial charge in [-0.3, -0.25) is 14.4 Å². The Labute approximate surface area is 231 Å². The van der Waals surface area contributed by atoms with Gasteiger partial charge in [0, 0.05) is 35.2 Å². The first-order valence-electron chi connectivity index (χ1n) is 12.9. The zero-order valence-electron chi connectivity index (χ0n) is 21.0. The molecule has 0 aromatic heterocycles. The number of halogens is 2. The van der Waals surface area contributed by atoms with Crippen LogP contribution in [-0.2, 0) is 23.9 Å². The monoisotopic (exact) mass is 596 g/mol. The van der Waals surface area contributed by atoms with Crippen molar-refractivity contribution >= 4 is 51.0 Å². The highest BCUT2D eigenvalue weighted by Crippen LogP contribution is 2.60. The van der Waals surface area contributed by atoms with Gasteiger partial charge in [0.05, 0.1) is 24.5 Å². The summed E-state index contributed by atoms with van der Waals surface area (Å²) in [7, 11) is 0. The number of aliphatic hydroxyl groups excluding tert-OH is 1. The zero-order valence-corrected chi connectivity index (χ0v) is 23.3. The second-order valence-electron chi connectivity index (χ2n) is 9.80. The number of alkyl halides is 1. The minimum absolute atomic E-state index is 0.121. The Hall–Kier alpha value is -1.94. The Morgan fingerprint density at radius 1 is 1.30 bits per heavy atom. The molecule has 3 saturated heterocycles. The van der Waals surface area contributed by atoms with Crippen LogP contribution >= 0.6 is 27.5 Å². The van der Waals surface area contributed by atoms with E-state index in [4.69, 9.17) is 26.2 Å². The molecule has 6 atom stereocenters. The molecule has 2 bridgehead atoms. The highest BCUT2D eigenvalue weighted by atomic mass is 79.9. The van der Waals surface area contributed by atoms with E-state index in [1.807, 2.05) is 0 Å². The van der Waals surface area contributed by atoms with E-state index in [-0.39, 0.29) is 36.4 Å². The summed E-state index contributed by atoms with van der Waals surface area (Å²) in [6.07, 6.45) is 4.52. The lowest BCUT2D eigenvalue weighted by Gasteiger charge is -2.37. The van der Waals surface area contributed by atoms with Gasteiger partial charge in [-0.05, 0) is 50.5 Å². The lowest BCUT2D eigenvalue weighted by molar-refractivity contribution is -0.154. The van der Waals surface area contributed by atoms with Crippen LogP contribution in [0.3, 0.4) is 0 Å². The second kappa shape index (κ2) is 11.8. The molecule has 1 aromatic carbocycles. The maximum atomic E-state index is 14.4.